The average Bonchev–Trinajstić information content (AvgIpc) is 2.71. The summed E-state index contributed by atoms with van der Waals surface area (Å²) in [5.41, 5.74) is 1.49. The van der Waals surface area contributed by atoms with Crippen molar-refractivity contribution in [1.82, 2.24) is 0 Å². The van der Waals surface area contributed by atoms with Crippen molar-refractivity contribution in [2.45, 2.75) is 6.92 Å². The number of hydrogen-bond donors (Lipinski definition) is 0. The lowest BCUT2D eigenvalue weighted by molar-refractivity contribution is -0.137. The maximum absolute atomic E-state index is 12.0. The highest BCUT2D eigenvalue weighted by molar-refractivity contribution is 5.99. The summed E-state index contributed by atoms with van der Waals surface area (Å²) in [6.45, 7) is 1.51. The van der Waals surface area contributed by atoms with Crippen LogP contribution in [0.5, 0.6) is 5.75 Å². The monoisotopic (exact) mass is 374 g/mol. The van der Waals surface area contributed by atoms with Gasteiger partial charge in [-0.3, -0.25) is 4.79 Å². The molecular formula is C23H18O5. The lowest BCUT2D eigenvalue weighted by Crippen LogP contribution is -2.13. The van der Waals surface area contributed by atoms with Crippen LogP contribution in [0.2, 0.25) is 0 Å². The number of benzene rings is 3. The molecule has 0 aliphatic rings. The fourth-order valence-corrected chi connectivity index (χ4v) is 2.57. The number of carbonyl (C=O) groups is 3. The van der Waals surface area contributed by atoms with Crippen molar-refractivity contribution in [3.63, 3.8) is 0 Å². The molecule has 0 atom stereocenters. The molecule has 5 nitrogen and oxygen atoms in total. The van der Waals surface area contributed by atoms with Gasteiger partial charge in [-0.1, -0.05) is 66.2 Å². The van der Waals surface area contributed by atoms with Crippen molar-refractivity contribution < 1.29 is 23.9 Å². The minimum absolute atomic E-state index is 0.319. The van der Waals surface area contributed by atoms with Crippen LogP contribution in [-0.2, 0) is 14.3 Å². The second kappa shape index (κ2) is 8.77. The molecule has 3 aromatic rings. The van der Waals surface area contributed by atoms with E-state index < -0.39 is 18.5 Å². The van der Waals surface area contributed by atoms with Crippen molar-refractivity contribution >= 4 is 28.5 Å². The zero-order chi connectivity index (χ0) is 19.9. The van der Waals surface area contributed by atoms with E-state index in [0.29, 0.717) is 11.3 Å². The number of carbonyl (C=O) groups excluding carboxylic acids is 3. The number of fused-ring (bicyclic) bond motifs is 1. The summed E-state index contributed by atoms with van der Waals surface area (Å²) in [4.78, 5) is 35.7. The van der Waals surface area contributed by atoms with Crippen LogP contribution in [0.15, 0.2) is 78.9 Å². The molecule has 0 radical (unpaired) electrons. The molecule has 0 spiro atoms. The standard InChI is InChI=1S/C23H18O5/c1-16-9-11-18(12-10-16)20(24)15-27-22(25)13-14-23(26)28-21-8-4-6-17-5-2-3-7-19(17)21/h2-14H,15H2,1H3/b14-13+. The van der Waals surface area contributed by atoms with Crippen molar-refractivity contribution in [2.75, 3.05) is 6.61 Å². The maximum atomic E-state index is 12.0. The van der Waals surface area contributed by atoms with Gasteiger partial charge in [0, 0.05) is 23.1 Å². The van der Waals surface area contributed by atoms with E-state index >= 15 is 0 Å². The number of ether oxygens (including phenoxy) is 2. The van der Waals surface area contributed by atoms with Gasteiger partial charge in [0.1, 0.15) is 5.75 Å². The largest absolute Gasteiger partial charge is 0.454 e. The Labute approximate surface area is 162 Å². The molecule has 3 rings (SSSR count). The lowest BCUT2D eigenvalue weighted by Gasteiger charge is -2.05. The van der Waals surface area contributed by atoms with E-state index in [4.69, 9.17) is 9.47 Å². The lowest BCUT2D eigenvalue weighted by atomic mass is 10.1. The van der Waals surface area contributed by atoms with Gasteiger partial charge in [0.05, 0.1) is 0 Å². The van der Waals surface area contributed by atoms with Crippen LogP contribution in [0.3, 0.4) is 0 Å². The van der Waals surface area contributed by atoms with Gasteiger partial charge in [-0.2, -0.15) is 0 Å². The number of ketones is 1. The van der Waals surface area contributed by atoms with Crippen molar-refractivity contribution in [3.05, 3.63) is 90.0 Å². The fraction of sp³-hybridized carbons (Fsp3) is 0.0870. The Balaban J connectivity index is 1.54. The van der Waals surface area contributed by atoms with Crippen LogP contribution < -0.4 is 4.74 Å². The Morgan fingerprint density at radius 3 is 2.29 bits per heavy atom. The quantitative estimate of drug-likeness (QED) is 0.282. The summed E-state index contributed by atoms with van der Waals surface area (Å²) in [5.74, 6) is -1.43. The van der Waals surface area contributed by atoms with Gasteiger partial charge in [-0.15, -0.1) is 0 Å². The molecule has 0 saturated carbocycles. The van der Waals surface area contributed by atoms with Gasteiger partial charge in [0.2, 0.25) is 0 Å². The van der Waals surface area contributed by atoms with Crippen molar-refractivity contribution in [3.8, 4) is 5.75 Å². The van der Waals surface area contributed by atoms with E-state index in [-0.39, 0.29) is 5.78 Å². The van der Waals surface area contributed by atoms with Gasteiger partial charge in [0.25, 0.3) is 0 Å². The van der Waals surface area contributed by atoms with E-state index in [0.717, 1.165) is 28.5 Å². The first-order chi connectivity index (χ1) is 13.5. The Hall–Kier alpha value is -3.73. The van der Waals surface area contributed by atoms with Crippen LogP contribution in [0.4, 0.5) is 0 Å². The molecule has 140 valence electrons. The Morgan fingerprint density at radius 2 is 1.50 bits per heavy atom. The van der Waals surface area contributed by atoms with Crippen LogP contribution >= 0.6 is 0 Å². The Kier molecular flexibility index (Phi) is 5.97. The van der Waals surface area contributed by atoms with Gasteiger partial charge in [0.15, 0.2) is 12.4 Å². The highest BCUT2D eigenvalue weighted by atomic mass is 16.5. The molecule has 0 unspecified atom stereocenters. The summed E-state index contributed by atoms with van der Waals surface area (Å²) < 4.78 is 10.2. The summed E-state index contributed by atoms with van der Waals surface area (Å²) in [6, 6.07) is 19.8. The molecule has 0 aromatic heterocycles. The molecule has 0 bridgehead atoms. The first-order valence-corrected chi connectivity index (χ1v) is 8.67. The maximum Gasteiger partial charge on any atom is 0.336 e. The topological polar surface area (TPSA) is 69.7 Å². The molecule has 28 heavy (non-hydrogen) atoms. The zero-order valence-electron chi connectivity index (χ0n) is 15.3. The fourth-order valence-electron chi connectivity index (χ4n) is 2.57. The molecule has 3 aromatic carbocycles. The van der Waals surface area contributed by atoms with E-state index in [1.807, 2.05) is 37.3 Å². The van der Waals surface area contributed by atoms with E-state index in [2.05, 4.69) is 0 Å². The highest BCUT2D eigenvalue weighted by Crippen LogP contribution is 2.25. The Bertz CT molecular complexity index is 1040. The summed E-state index contributed by atoms with van der Waals surface area (Å²) in [7, 11) is 0. The summed E-state index contributed by atoms with van der Waals surface area (Å²) in [6.07, 6.45) is 1.91. The van der Waals surface area contributed by atoms with Crippen molar-refractivity contribution in [1.29, 1.82) is 0 Å². The van der Waals surface area contributed by atoms with Crippen LogP contribution in [-0.4, -0.2) is 24.3 Å². The highest BCUT2D eigenvalue weighted by Gasteiger charge is 2.09. The third-order valence-corrected chi connectivity index (χ3v) is 4.03. The van der Waals surface area contributed by atoms with Gasteiger partial charge in [-0.05, 0) is 18.4 Å². The number of rotatable bonds is 6. The summed E-state index contributed by atoms with van der Waals surface area (Å²) >= 11 is 0. The molecule has 0 N–H and O–H groups in total. The minimum atomic E-state index is -0.796. The number of Topliss-reactive ketones (excluding diaryl/α,β-unsaturated/α-hetero) is 1. The SMILES string of the molecule is Cc1ccc(C(=O)COC(=O)/C=C/C(=O)Oc2cccc3ccccc23)cc1. The molecule has 0 fully saturated rings. The third kappa shape index (κ3) is 4.92. The Morgan fingerprint density at radius 1 is 0.821 bits per heavy atom. The van der Waals surface area contributed by atoms with Gasteiger partial charge >= 0.3 is 11.9 Å². The minimum Gasteiger partial charge on any atom is -0.454 e. The van der Waals surface area contributed by atoms with E-state index in [1.165, 1.54) is 0 Å². The molecule has 0 aliphatic carbocycles. The molecule has 0 aliphatic heterocycles. The normalized spacial score (nSPS) is 10.8. The van der Waals surface area contributed by atoms with Gasteiger partial charge in [-0.25, -0.2) is 9.59 Å². The smallest absolute Gasteiger partial charge is 0.336 e. The number of esters is 2. The van der Waals surface area contributed by atoms with Gasteiger partial charge < -0.3 is 9.47 Å². The summed E-state index contributed by atoms with van der Waals surface area (Å²) in [5, 5.41) is 1.73. The zero-order valence-corrected chi connectivity index (χ0v) is 15.3. The molecule has 5 heteroatoms. The molecular weight excluding hydrogens is 356 g/mol. The van der Waals surface area contributed by atoms with Crippen LogP contribution in [0.25, 0.3) is 10.8 Å². The first-order valence-electron chi connectivity index (χ1n) is 8.67. The predicted octanol–water partition coefficient (Wildman–Crippen LogP) is 4.04. The third-order valence-electron chi connectivity index (χ3n) is 4.03. The van der Waals surface area contributed by atoms with E-state index in [9.17, 15) is 14.4 Å². The molecule has 0 amide bonds. The van der Waals surface area contributed by atoms with Crippen molar-refractivity contribution in [2.24, 2.45) is 0 Å². The molecule has 0 saturated heterocycles. The second-order valence-electron chi connectivity index (χ2n) is 6.13. The second-order valence-corrected chi connectivity index (χ2v) is 6.13. The van der Waals surface area contributed by atoms with Crippen LogP contribution in [0, 0.1) is 6.92 Å². The average molecular weight is 374 g/mol. The molecule has 0 heterocycles. The predicted molar refractivity (Wildman–Crippen MR) is 105 cm³/mol. The van der Waals surface area contributed by atoms with E-state index in [1.54, 1.807) is 36.4 Å². The number of hydrogen-bond acceptors (Lipinski definition) is 5. The first kappa shape index (κ1) is 19.0. The number of aryl methyl sites for hydroxylation is 1. The van der Waals surface area contributed by atoms with Crippen LogP contribution in [0.1, 0.15) is 15.9 Å².